The fourth-order valence-electron chi connectivity index (χ4n) is 1.37. The molecule has 1 aromatic rings. The first-order valence-electron chi connectivity index (χ1n) is 5.26. The zero-order valence-corrected chi connectivity index (χ0v) is 10.9. The maximum absolute atomic E-state index is 10.9. The molecule has 0 unspecified atom stereocenters. The maximum atomic E-state index is 10.9. The standard InChI is InChI=1S/C11H15NO4S/c1-4-15-9-6-8(12(13)14)11(17-3)7-10(9)16-5-2/h6-7H,4-5H2,1-3H3. The molecule has 0 bridgehead atoms. The van der Waals surface area contributed by atoms with Crippen molar-refractivity contribution in [3.8, 4) is 11.5 Å². The zero-order valence-electron chi connectivity index (χ0n) is 10.1. The van der Waals surface area contributed by atoms with Crippen molar-refractivity contribution < 1.29 is 14.4 Å². The molecule has 0 spiro atoms. The normalized spacial score (nSPS) is 10.1. The van der Waals surface area contributed by atoms with Crippen molar-refractivity contribution in [3.63, 3.8) is 0 Å². The summed E-state index contributed by atoms with van der Waals surface area (Å²) in [6, 6.07) is 3.07. The van der Waals surface area contributed by atoms with Crippen molar-refractivity contribution in [1.82, 2.24) is 0 Å². The summed E-state index contributed by atoms with van der Waals surface area (Å²) in [4.78, 5) is 11.1. The van der Waals surface area contributed by atoms with E-state index in [0.29, 0.717) is 29.6 Å². The van der Waals surface area contributed by atoms with E-state index in [-0.39, 0.29) is 5.69 Å². The van der Waals surface area contributed by atoms with Gasteiger partial charge < -0.3 is 9.47 Å². The van der Waals surface area contributed by atoms with Gasteiger partial charge in [0.15, 0.2) is 11.5 Å². The fraction of sp³-hybridized carbons (Fsp3) is 0.455. The van der Waals surface area contributed by atoms with E-state index in [9.17, 15) is 10.1 Å². The molecule has 0 fully saturated rings. The van der Waals surface area contributed by atoms with Crippen LogP contribution in [0.5, 0.6) is 11.5 Å². The molecule has 0 saturated carbocycles. The Morgan fingerprint density at radius 3 is 2.18 bits per heavy atom. The Hall–Kier alpha value is -1.43. The van der Waals surface area contributed by atoms with Crippen LogP contribution in [0.1, 0.15) is 13.8 Å². The van der Waals surface area contributed by atoms with Crippen LogP contribution in [0.2, 0.25) is 0 Å². The summed E-state index contributed by atoms with van der Waals surface area (Å²) in [5.41, 5.74) is 0.0457. The SMILES string of the molecule is CCOc1cc(SC)c([N+](=O)[O-])cc1OCC. The van der Waals surface area contributed by atoms with Crippen LogP contribution in [0, 0.1) is 10.1 Å². The highest BCUT2D eigenvalue weighted by atomic mass is 32.2. The first-order valence-corrected chi connectivity index (χ1v) is 6.48. The first-order chi connectivity index (χ1) is 8.13. The molecule has 0 heterocycles. The lowest BCUT2D eigenvalue weighted by Crippen LogP contribution is -2.00. The summed E-state index contributed by atoms with van der Waals surface area (Å²) in [7, 11) is 0. The van der Waals surface area contributed by atoms with E-state index >= 15 is 0 Å². The van der Waals surface area contributed by atoms with E-state index in [4.69, 9.17) is 9.47 Å². The number of nitro groups is 1. The van der Waals surface area contributed by atoms with Gasteiger partial charge in [0.1, 0.15) is 0 Å². The second-order valence-electron chi connectivity index (χ2n) is 3.09. The topological polar surface area (TPSA) is 61.6 Å². The van der Waals surface area contributed by atoms with Crippen LogP contribution in [-0.4, -0.2) is 24.4 Å². The van der Waals surface area contributed by atoms with E-state index in [1.807, 2.05) is 13.8 Å². The molecular formula is C11H15NO4S. The molecule has 0 aromatic heterocycles. The molecule has 6 heteroatoms. The number of nitro benzene ring substituents is 1. The molecule has 17 heavy (non-hydrogen) atoms. The number of benzene rings is 1. The van der Waals surface area contributed by atoms with Gasteiger partial charge in [-0.15, -0.1) is 11.8 Å². The molecule has 1 aromatic carbocycles. The molecule has 0 aliphatic heterocycles. The number of rotatable bonds is 6. The van der Waals surface area contributed by atoms with Crippen LogP contribution in [0.15, 0.2) is 17.0 Å². The number of hydrogen-bond donors (Lipinski definition) is 0. The van der Waals surface area contributed by atoms with Crippen LogP contribution in [-0.2, 0) is 0 Å². The van der Waals surface area contributed by atoms with Crippen LogP contribution in [0.25, 0.3) is 0 Å². The Kier molecular flexibility index (Phi) is 5.09. The lowest BCUT2D eigenvalue weighted by Gasteiger charge is -2.12. The predicted molar refractivity (Wildman–Crippen MR) is 67.2 cm³/mol. The molecule has 0 amide bonds. The van der Waals surface area contributed by atoms with Crippen molar-refractivity contribution in [2.45, 2.75) is 18.7 Å². The van der Waals surface area contributed by atoms with Gasteiger partial charge in [-0.25, -0.2) is 0 Å². The summed E-state index contributed by atoms with van der Waals surface area (Å²) in [6.45, 7) is 4.61. The summed E-state index contributed by atoms with van der Waals surface area (Å²) in [5.74, 6) is 0.961. The van der Waals surface area contributed by atoms with Crippen molar-refractivity contribution >= 4 is 17.4 Å². The summed E-state index contributed by atoms with van der Waals surface area (Å²) < 4.78 is 10.7. The maximum Gasteiger partial charge on any atom is 0.286 e. The van der Waals surface area contributed by atoms with Gasteiger partial charge in [-0.1, -0.05) is 0 Å². The molecule has 1 rings (SSSR count). The third-order valence-electron chi connectivity index (χ3n) is 2.04. The number of ether oxygens (including phenoxy) is 2. The Balaban J connectivity index is 3.25. The molecule has 0 N–H and O–H groups in total. The molecular weight excluding hydrogens is 242 g/mol. The van der Waals surface area contributed by atoms with Crippen LogP contribution in [0.3, 0.4) is 0 Å². The highest BCUT2D eigenvalue weighted by molar-refractivity contribution is 7.98. The van der Waals surface area contributed by atoms with Crippen molar-refractivity contribution in [1.29, 1.82) is 0 Å². The third kappa shape index (κ3) is 3.26. The van der Waals surface area contributed by atoms with Gasteiger partial charge in [-0.3, -0.25) is 10.1 Å². The highest BCUT2D eigenvalue weighted by Gasteiger charge is 2.19. The highest BCUT2D eigenvalue weighted by Crippen LogP contribution is 2.38. The van der Waals surface area contributed by atoms with E-state index in [0.717, 1.165) is 0 Å². The molecule has 0 aliphatic rings. The molecule has 5 nitrogen and oxygen atoms in total. The Bertz CT molecular complexity index is 409. The van der Waals surface area contributed by atoms with Gasteiger partial charge in [0, 0.05) is 6.07 Å². The summed E-state index contributed by atoms with van der Waals surface area (Å²) >= 11 is 1.31. The zero-order chi connectivity index (χ0) is 12.8. The Morgan fingerprint density at radius 2 is 1.76 bits per heavy atom. The van der Waals surface area contributed by atoms with E-state index < -0.39 is 4.92 Å². The number of nitrogens with zero attached hydrogens (tertiary/aromatic N) is 1. The van der Waals surface area contributed by atoms with Crippen molar-refractivity contribution in [3.05, 3.63) is 22.2 Å². The molecule has 0 radical (unpaired) electrons. The second-order valence-corrected chi connectivity index (χ2v) is 3.94. The predicted octanol–water partition coefficient (Wildman–Crippen LogP) is 3.11. The summed E-state index contributed by atoms with van der Waals surface area (Å²) in [5, 5.41) is 10.9. The van der Waals surface area contributed by atoms with E-state index in [2.05, 4.69) is 0 Å². The number of hydrogen-bond acceptors (Lipinski definition) is 5. The largest absolute Gasteiger partial charge is 0.490 e. The lowest BCUT2D eigenvalue weighted by molar-refractivity contribution is -0.387. The monoisotopic (exact) mass is 257 g/mol. The van der Waals surface area contributed by atoms with E-state index in [1.165, 1.54) is 17.8 Å². The van der Waals surface area contributed by atoms with E-state index in [1.54, 1.807) is 12.3 Å². The van der Waals surface area contributed by atoms with Gasteiger partial charge >= 0.3 is 0 Å². The average molecular weight is 257 g/mol. The minimum atomic E-state index is -0.413. The summed E-state index contributed by atoms with van der Waals surface area (Å²) in [6.07, 6.45) is 1.79. The van der Waals surface area contributed by atoms with Crippen LogP contribution >= 0.6 is 11.8 Å². The lowest BCUT2D eigenvalue weighted by atomic mass is 10.3. The molecule has 94 valence electrons. The second kappa shape index (κ2) is 6.34. The Morgan fingerprint density at radius 1 is 1.24 bits per heavy atom. The third-order valence-corrected chi connectivity index (χ3v) is 2.81. The smallest absolute Gasteiger partial charge is 0.286 e. The quantitative estimate of drug-likeness (QED) is 0.445. The van der Waals surface area contributed by atoms with Crippen LogP contribution < -0.4 is 9.47 Å². The minimum Gasteiger partial charge on any atom is -0.490 e. The van der Waals surface area contributed by atoms with Gasteiger partial charge in [0.05, 0.1) is 29.1 Å². The van der Waals surface area contributed by atoms with Gasteiger partial charge in [0.2, 0.25) is 0 Å². The molecule has 0 saturated heterocycles. The first kappa shape index (κ1) is 13.6. The van der Waals surface area contributed by atoms with Gasteiger partial charge in [-0.2, -0.15) is 0 Å². The van der Waals surface area contributed by atoms with Crippen molar-refractivity contribution in [2.24, 2.45) is 0 Å². The minimum absolute atomic E-state index is 0.0457. The van der Waals surface area contributed by atoms with Crippen molar-refractivity contribution in [2.75, 3.05) is 19.5 Å². The van der Waals surface area contributed by atoms with Crippen LogP contribution in [0.4, 0.5) is 5.69 Å². The molecule has 0 atom stereocenters. The van der Waals surface area contributed by atoms with Gasteiger partial charge in [0.25, 0.3) is 5.69 Å². The molecule has 0 aliphatic carbocycles. The number of thioether (sulfide) groups is 1. The average Bonchev–Trinajstić information content (AvgIpc) is 2.31. The Labute approximate surface area is 104 Å². The van der Waals surface area contributed by atoms with Gasteiger partial charge in [-0.05, 0) is 20.1 Å². The fourth-order valence-corrected chi connectivity index (χ4v) is 1.94.